The van der Waals surface area contributed by atoms with Crippen LogP contribution >= 0.6 is 0 Å². The van der Waals surface area contributed by atoms with E-state index in [1.807, 2.05) is 0 Å². The Labute approximate surface area is 90.3 Å². The number of nitrogens with zero attached hydrogens (tertiary/aromatic N) is 2. The molecule has 0 aliphatic rings. The predicted octanol–water partition coefficient (Wildman–Crippen LogP) is 2.07. The normalized spacial score (nSPS) is 9.50. The quantitative estimate of drug-likeness (QED) is 0.433. The van der Waals surface area contributed by atoms with Crippen LogP contribution in [-0.2, 0) is 0 Å². The van der Waals surface area contributed by atoms with E-state index in [4.69, 9.17) is 4.74 Å². The highest BCUT2D eigenvalue weighted by Crippen LogP contribution is 2.35. The highest BCUT2D eigenvalue weighted by molar-refractivity contribution is 5.61. The lowest BCUT2D eigenvalue weighted by Gasteiger charge is -2.03. The van der Waals surface area contributed by atoms with Crippen LogP contribution in [0.4, 0.5) is 11.4 Å². The molecule has 1 aromatic rings. The van der Waals surface area contributed by atoms with Crippen LogP contribution in [0.5, 0.6) is 5.75 Å². The molecule has 7 nitrogen and oxygen atoms in total. The van der Waals surface area contributed by atoms with Crippen molar-refractivity contribution in [2.45, 2.75) is 0 Å². The summed E-state index contributed by atoms with van der Waals surface area (Å²) in [5.41, 5.74) is -1.24. The summed E-state index contributed by atoms with van der Waals surface area (Å²) in [6, 6.07) is 3.68. The van der Waals surface area contributed by atoms with E-state index in [0.29, 0.717) is 0 Å². The molecular formula is C9H8N2O5. The average molecular weight is 224 g/mol. The van der Waals surface area contributed by atoms with Crippen LogP contribution in [0, 0.1) is 20.2 Å². The van der Waals surface area contributed by atoms with Crippen molar-refractivity contribution in [3.05, 3.63) is 51.1 Å². The molecule has 0 aromatic heterocycles. The van der Waals surface area contributed by atoms with Gasteiger partial charge in [-0.25, -0.2) is 0 Å². The first kappa shape index (κ1) is 11.6. The maximum absolute atomic E-state index is 10.7. The van der Waals surface area contributed by atoms with Gasteiger partial charge in [0, 0.05) is 6.07 Å². The number of nitro benzene ring substituents is 2. The zero-order valence-corrected chi connectivity index (χ0v) is 8.16. The van der Waals surface area contributed by atoms with Gasteiger partial charge in [0.2, 0.25) is 5.75 Å². The van der Waals surface area contributed by atoms with Crippen LogP contribution in [0.2, 0.25) is 0 Å². The molecule has 0 saturated heterocycles. The molecule has 0 atom stereocenters. The van der Waals surface area contributed by atoms with Gasteiger partial charge in [-0.1, -0.05) is 18.7 Å². The summed E-state index contributed by atoms with van der Waals surface area (Å²) >= 11 is 0. The Morgan fingerprint density at radius 1 is 1.31 bits per heavy atom. The van der Waals surface area contributed by atoms with E-state index in [1.54, 1.807) is 0 Å². The van der Waals surface area contributed by atoms with Gasteiger partial charge >= 0.3 is 11.4 Å². The van der Waals surface area contributed by atoms with Crippen LogP contribution in [0.3, 0.4) is 0 Å². The SMILES string of the molecule is C=CCOc1cccc([N+](=O)[O-])c1[N+](=O)[O-]. The molecular weight excluding hydrogens is 216 g/mol. The highest BCUT2D eigenvalue weighted by atomic mass is 16.6. The van der Waals surface area contributed by atoms with E-state index in [-0.39, 0.29) is 12.4 Å². The number of hydrogen-bond acceptors (Lipinski definition) is 5. The van der Waals surface area contributed by atoms with E-state index >= 15 is 0 Å². The summed E-state index contributed by atoms with van der Waals surface area (Å²) in [4.78, 5) is 19.6. The van der Waals surface area contributed by atoms with Crippen LogP contribution in [0.25, 0.3) is 0 Å². The zero-order chi connectivity index (χ0) is 12.1. The van der Waals surface area contributed by atoms with Crippen LogP contribution in [-0.4, -0.2) is 16.5 Å². The minimum atomic E-state index is -0.837. The van der Waals surface area contributed by atoms with Gasteiger partial charge in [0.25, 0.3) is 0 Å². The highest BCUT2D eigenvalue weighted by Gasteiger charge is 2.29. The van der Waals surface area contributed by atoms with Gasteiger partial charge in [-0.2, -0.15) is 0 Å². The Morgan fingerprint density at radius 2 is 2.00 bits per heavy atom. The summed E-state index contributed by atoms with van der Waals surface area (Å²) in [5, 5.41) is 21.3. The molecule has 0 heterocycles. The van der Waals surface area contributed by atoms with Gasteiger partial charge in [0.15, 0.2) is 0 Å². The molecule has 0 unspecified atom stereocenters. The lowest BCUT2D eigenvalue weighted by atomic mass is 10.2. The molecule has 0 aliphatic heterocycles. The summed E-state index contributed by atoms with van der Waals surface area (Å²) < 4.78 is 4.97. The third kappa shape index (κ3) is 2.32. The maximum Gasteiger partial charge on any atom is 0.387 e. The topological polar surface area (TPSA) is 95.5 Å². The van der Waals surface area contributed by atoms with E-state index < -0.39 is 21.2 Å². The van der Waals surface area contributed by atoms with Crippen molar-refractivity contribution in [2.75, 3.05) is 6.61 Å². The monoisotopic (exact) mass is 224 g/mol. The summed E-state index contributed by atoms with van der Waals surface area (Å²) in [6.07, 6.45) is 1.39. The van der Waals surface area contributed by atoms with Crippen LogP contribution in [0.15, 0.2) is 30.9 Å². The van der Waals surface area contributed by atoms with Crippen molar-refractivity contribution in [3.63, 3.8) is 0 Å². The van der Waals surface area contributed by atoms with Gasteiger partial charge < -0.3 is 4.74 Å². The largest absolute Gasteiger partial charge is 0.482 e. The van der Waals surface area contributed by atoms with Crippen LogP contribution < -0.4 is 4.74 Å². The molecule has 1 aromatic carbocycles. The minimum Gasteiger partial charge on any atom is -0.482 e. The second-order valence-corrected chi connectivity index (χ2v) is 2.74. The second kappa shape index (κ2) is 4.87. The fraction of sp³-hybridized carbons (Fsp3) is 0.111. The molecule has 7 heteroatoms. The standard InChI is InChI=1S/C9H8N2O5/c1-2-6-16-8-5-3-4-7(10(12)13)9(8)11(14)15/h2-5H,1,6H2. The van der Waals surface area contributed by atoms with E-state index in [9.17, 15) is 20.2 Å². The maximum atomic E-state index is 10.7. The molecule has 84 valence electrons. The smallest absolute Gasteiger partial charge is 0.387 e. The summed E-state index contributed by atoms with van der Waals surface area (Å²) in [7, 11) is 0. The van der Waals surface area contributed by atoms with Crippen molar-refractivity contribution in [2.24, 2.45) is 0 Å². The predicted molar refractivity (Wildman–Crippen MR) is 55.4 cm³/mol. The van der Waals surface area contributed by atoms with Gasteiger partial charge in [-0.15, -0.1) is 0 Å². The molecule has 0 spiro atoms. The molecule has 1 rings (SSSR count). The third-order valence-corrected chi connectivity index (χ3v) is 1.71. The molecule has 0 N–H and O–H groups in total. The Morgan fingerprint density at radius 3 is 2.50 bits per heavy atom. The van der Waals surface area contributed by atoms with E-state index in [2.05, 4.69) is 6.58 Å². The first-order valence-corrected chi connectivity index (χ1v) is 4.23. The van der Waals surface area contributed by atoms with Gasteiger partial charge in [0.05, 0.1) is 9.85 Å². The number of rotatable bonds is 5. The van der Waals surface area contributed by atoms with Gasteiger partial charge in [0.1, 0.15) is 6.61 Å². The number of ether oxygens (including phenoxy) is 1. The van der Waals surface area contributed by atoms with Crippen molar-refractivity contribution in [3.8, 4) is 5.75 Å². The fourth-order valence-electron chi connectivity index (χ4n) is 1.11. The molecule has 0 saturated carbocycles. The number of nitro groups is 2. The Kier molecular flexibility index (Phi) is 3.54. The number of para-hydroxylation sites is 1. The lowest BCUT2D eigenvalue weighted by molar-refractivity contribution is -0.423. The van der Waals surface area contributed by atoms with E-state index in [1.165, 1.54) is 18.2 Å². The minimum absolute atomic E-state index is 0.0437. The first-order chi connectivity index (χ1) is 7.57. The van der Waals surface area contributed by atoms with Gasteiger partial charge in [-0.3, -0.25) is 20.2 Å². The summed E-state index contributed by atoms with van der Waals surface area (Å²) in [6.45, 7) is 3.42. The Hall–Kier alpha value is -2.44. The molecule has 0 amide bonds. The average Bonchev–Trinajstić information content (AvgIpc) is 2.25. The molecule has 0 radical (unpaired) electrons. The van der Waals surface area contributed by atoms with Crippen LogP contribution in [0.1, 0.15) is 0 Å². The van der Waals surface area contributed by atoms with Crippen molar-refractivity contribution >= 4 is 11.4 Å². The molecule has 0 bridgehead atoms. The van der Waals surface area contributed by atoms with Crippen molar-refractivity contribution in [1.29, 1.82) is 0 Å². The van der Waals surface area contributed by atoms with Crippen molar-refractivity contribution < 1.29 is 14.6 Å². The Balaban J connectivity index is 3.26. The number of hydrogen-bond donors (Lipinski definition) is 0. The first-order valence-electron chi connectivity index (χ1n) is 4.23. The second-order valence-electron chi connectivity index (χ2n) is 2.74. The van der Waals surface area contributed by atoms with Gasteiger partial charge in [-0.05, 0) is 6.07 Å². The third-order valence-electron chi connectivity index (χ3n) is 1.71. The number of benzene rings is 1. The Bertz CT molecular complexity index is 444. The molecule has 16 heavy (non-hydrogen) atoms. The molecule has 0 aliphatic carbocycles. The lowest BCUT2D eigenvalue weighted by Crippen LogP contribution is -2.01. The zero-order valence-electron chi connectivity index (χ0n) is 8.16. The van der Waals surface area contributed by atoms with E-state index in [0.717, 1.165) is 6.07 Å². The fourth-order valence-corrected chi connectivity index (χ4v) is 1.11. The summed E-state index contributed by atoms with van der Waals surface area (Å²) in [5.74, 6) is -0.140. The molecule has 0 fully saturated rings. The van der Waals surface area contributed by atoms with Crippen molar-refractivity contribution in [1.82, 2.24) is 0 Å².